The standard InChI is InChI=1S/C14H10Cl2N6OS/c1-21-11(9(16)6-17-21)12-18-19-14-22(12)20-13(24-14)8-5-7(15)3-4-10(8)23-2/h3-6H,1-2H3. The van der Waals surface area contributed by atoms with Gasteiger partial charge in [0.25, 0.3) is 0 Å². The van der Waals surface area contributed by atoms with E-state index in [9.17, 15) is 0 Å². The Labute approximate surface area is 150 Å². The maximum Gasteiger partial charge on any atom is 0.235 e. The molecule has 0 aliphatic carbocycles. The van der Waals surface area contributed by atoms with Crippen molar-refractivity contribution in [2.45, 2.75) is 0 Å². The number of aryl methyl sites for hydroxylation is 1. The van der Waals surface area contributed by atoms with Crippen molar-refractivity contribution >= 4 is 39.5 Å². The maximum atomic E-state index is 6.20. The molecule has 4 rings (SSSR count). The lowest BCUT2D eigenvalue weighted by molar-refractivity contribution is 0.416. The molecule has 4 aromatic rings. The van der Waals surface area contributed by atoms with Crippen LogP contribution in [0.1, 0.15) is 0 Å². The summed E-state index contributed by atoms with van der Waals surface area (Å²) in [5.41, 5.74) is 1.45. The molecule has 0 fully saturated rings. The number of benzene rings is 1. The largest absolute Gasteiger partial charge is 0.496 e. The summed E-state index contributed by atoms with van der Waals surface area (Å²) in [6.45, 7) is 0. The second-order valence-corrected chi connectivity index (χ2v) is 6.73. The van der Waals surface area contributed by atoms with Gasteiger partial charge in [0, 0.05) is 12.1 Å². The minimum Gasteiger partial charge on any atom is -0.496 e. The molecule has 0 amide bonds. The number of rotatable bonds is 3. The third-order valence-electron chi connectivity index (χ3n) is 3.49. The van der Waals surface area contributed by atoms with Gasteiger partial charge in [-0.25, -0.2) is 0 Å². The van der Waals surface area contributed by atoms with Gasteiger partial charge >= 0.3 is 0 Å². The second-order valence-electron chi connectivity index (χ2n) is 4.93. The fraction of sp³-hybridized carbons (Fsp3) is 0.143. The number of halogens is 2. The molecule has 3 aromatic heterocycles. The lowest BCUT2D eigenvalue weighted by atomic mass is 10.2. The summed E-state index contributed by atoms with van der Waals surface area (Å²) < 4.78 is 8.67. The number of aromatic nitrogens is 6. The highest BCUT2D eigenvalue weighted by Gasteiger charge is 2.20. The van der Waals surface area contributed by atoms with Crippen LogP contribution < -0.4 is 4.74 Å². The molecule has 1 aromatic carbocycles. The lowest BCUT2D eigenvalue weighted by Crippen LogP contribution is -1.99. The average molecular weight is 381 g/mol. The Morgan fingerprint density at radius 3 is 2.75 bits per heavy atom. The summed E-state index contributed by atoms with van der Waals surface area (Å²) >= 11 is 13.7. The molecule has 0 saturated carbocycles. The van der Waals surface area contributed by atoms with E-state index in [1.165, 1.54) is 11.3 Å². The summed E-state index contributed by atoms with van der Waals surface area (Å²) in [6, 6.07) is 5.38. The fourth-order valence-electron chi connectivity index (χ4n) is 2.38. The smallest absolute Gasteiger partial charge is 0.235 e. The van der Waals surface area contributed by atoms with Crippen molar-refractivity contribution in [3.8, 4) is 27.8 Å². The molecule has 0 aliphatic rings. The number of hydrogen-bond donors (Lipinski definition) is 0. The Morgan fingerprint density at radius 2 is 2.04 bits per heavy atom. The molecule has 0 aliphatic heterocycles. The monoisotopic (exact) mass is 380 g/mol. The Balaban J connectivity index is 1.91. The van der Waals surface area contributed by atoms with Crippen LogP contribution in [0.25, 0.3) is 27.1 Å². The zero-order valence-electron chi connectivity index (χ0n) is 12.6. The van der Waals surface area contributed by atoms with Gasteiger partial charge in [-0.1, -0.05) is 34.5 Å². The predicted octanol–water partition coefficient (Wildman–Crippen LogP) is 3.57. The molecule has 122 valence electrons. The van der Waals surface area contributed by atoms with Crippen LogP contribution in [-0.4, -0.2) is 36.7 Å². The molecule has 0 N–H and O–H groups in total. The van der Waals surface area contributed by atoms with E-state index in [4.69, 9.17) is 27.9 Å². The number of methoxy groups -OCH3 is 1. The molecule has 3 heterocycles. The minimum absolute atomic E-state index is 0.488. The van der Waals surface area contributed by atoms with Crippen LogP contribution in [0.3, 0.4) is 0 Å². The molecular weight excluding hydrogens is 371 g/mol. The van der Waals surface area contributed by atoms with E-state index in [1.54, 1.807) is 41.7 Å². The number of fused-ring (bicyclic) bond motifs is 1. The zero-order valence-corrected chi connectivity index (χ0v) is 14.9. The predicted molar refractivity (Wildman–Crippen MR) is 92.9 cm³/mol. The highest BCUT2D eigenvalue weighted by molar-refractivity contribution is 7.19. The Kier molecular flexibility index (Phi) is 3.67. The van der Waals surface area contributed by atoms with Crippen molar-refractivity contribution in [3.63, 3.8) is 0 Å². The van der Waals surface area contributed by atoms with Crippen LogP contribution in [0.4, 0.5) is 0 Å². The van der Waals surface area contributed by atoms with Crippen molar-refractivity contribution < 1.29 is 4.74 Å². The molecule has 24 heavy (non-hydrogen) atoms. The fourth-order valence-corrected chi connectivity index (χ4v) is 3.67. The van der Waals surface area contributed by atoms with Crippen molar-refractivity contribution in [1.29, 1.82) is 0 Å². The van der Waals surface area contributed by atoms with Gasteiger partial charge in [0.05, 0.1) is 23.9 Å². The molecule has 10 heteroatoms. The van der Waals surface area contributed by atoms with Crippen LogP contribution >= 0.6 is 34.5 Å². The number of nitrogens with zero attached hydrogens (tertiary/aromatic N) is 6. The first kappa shape index (κ1) is 15.4. The highest BCUT2D eigenvalue weighted by atomic mass is 35.5. The van der Waals surface area contributed by atoms with Crippen LogP contribution in [0.15, 0.2) is 24.4 Å². The van der Waals surface area contributed by atoms with E-state index in [2.05, 4.69) is 20.4 Å². The minimum atomic E-state index is 0.488. The Hall–Kier alpha value is -2.16. The summed E-state index contributed by atoms with van der Waals surface area (Å²) in [7, 11) is 3.39. The van der Waals surface area contributed by atoms with Crippen molar-refractivity contribution in [2.75, 3.05) is 7.11 Å². The van der Waals surface area contributed by atoms with Gasteiger partial charge in [-0.05, 0) is 18.2 Å². The van der Waals surface area contributed by atoms with Gasteiger partial charge in [0.15, 0.2) is 5.01 Å². The summed E-state index contributed by atoms with van der Waals surface area (Å²) in [5.74, 6) is 1.21. The molecule has 0 unspecified atom stereocenters. The van der Waals surface area contributed by atoms with Gasteiger partial charge < -0.3 is 4.74 Å². The van der Waals surface area contributed by atoms with Gasteiger partial charge in [-0.15, -0.1) is 10.2 Å². The van der Waals surface area contributed by atoms with Crippen LogP contribution in [0, 0.1) is 0 Å². The maximum absolute atomic E-state index is 6.20. The topological polar surface area (TPSA) is 70.1 Å². The third kappa shape index (κ3) is 2.34. The lowest BCUT2D eigenvalue weighted by Gasteiger charge is -2.05. The van der Waals surface area contributed by atoms with E-state index in [0.29, 0.717) is 32.3 Å². The van der Waals surface area contributed by atoms with Gasteiger partial charge in [-0.3, -0.25) is 4.68 Å². The summed E-state index contributed by atoms with van der Waals surface area (Å²) in [6.07, 6.45) is 1.56. The number of hydrogen-bond acceptors (Lipinski definition) is 6. The SMILES string of the molecule is COc1ccc(Cl)cc1-c1nn2c(-c3c(Cl)cnn3C)nnc2s1. The molecular formula is C14H10Cl2N6OS. The number of ether oxygens (including phenoxy) is 1. The van der Waals surface area contributed by atoms with E-state index >= 15 is 0 Å². The summed E-state index contributed by atoms with van der Waals surface area (Å²) in [5, 5.41) is 18.9. The van der Waals surface area contributed by atoms with E-state index in [-0.39, 0.29) is 0 Å². The Morgan fingerprint density at radius 1 is 1.21 bits per heavy atom. The molecule has 0 radical (unpaired) electrons. The van der Waals surface area contributed by atoms with E-state index in [1.807, 2.05) is 6.07 Å². The first-order valence-corrected chi connectivity index (χ1v) is 8.39. The van der Waals surface area contributed by atoms with Crippen LogP contribution in [0.5, 0.6) is 5.75 Å². The van der Waals surface area contributed by atoms with Gasteiger partial charge in [0.1, 0.15) is 11.4 Å². The van der Waals surface area contributed by atoms with Gasteiger partial charge in [0.2, 0.25) is 10.8 Å². The summed E-state index contributed by atoms with van der Waals surface area (Å²) in [4.78, 5) is 0.638. The first-order chi connectivity index (χ1) is 11.6. The normalized spacial score (nSPS) is 11.3. The molecule has 0 saturated heterocycles. The van der Waals surface area contributed by atoms with Crippen molar-refractivity contribution in [1.82, 2.24) is 29.6 Å². The van der Waals surface area contributed by atoms with E-state index < -0.39 is 0 Å². The average Bonchev–Trinajstić information content (AvgIpc) is 3.23. The quantitative estimate of drug-likeness (QED) is 0.543. The first-order valence-electron chi connectivity index (χ1n) is 6.82. The molecule has 7 nitrogen and oxygen atoms in total. The second kappa shape index (κ2) is 5.73. The zero-order chi connectivity index (χ0) is 16.8. The molecule has 0 atom stereocenters. The third-order valence-corrected chi connectivity index (χ3v) is 4.93. The highest BCUT2D eigenvalue weighted by Crippen LogP contribution is 2.36. The Bertz CT molecular complexity index is 1030. The van der Waals surface area contributed by atoms with E-state index in [0.717, 1.165) is 10.6 Å². The van der Waals surface area contributed by atoms with Crippen LogP contribution in [0.2, 0.25) is 10.0 Å². The molecule has 0 spiro atoms. The van der Waals surface area contributed by atoms with Gasteiger partial charge in [-0.2, -0.15) is 14.7 Å². The van der Waals surface area contributed by atoms with Crippen molar-refractivity contribution in [2.24, 2.45) is 7.05 Å². The van der Waals surface area contributed by atoms with Crippen molar-refractivity contribution in [3.05, 3.63) is 34.4 Å². The molecule has 0 bridgehead atoms. The van der Waals surface area contributed by atoms with Crippen LogP contribution in [-0.2, 0) is 7.05 Å².